The molecule has 1 saturated heterocycles. The number of hydrogen-bond acceptors (Lipinski definition) is 9. The molecule has 0 radical (unpaired) electrons. The molecule has 1 aliphatic rings. The largest absolute Gasteiger partial charge is 0.494 e. The molecule has 5 rings (SSSR count). The zero-order valence-corrected chi connectivity index (χ0v) is 25.4. The molecule has 0 atom stereocenters. The van der Waals surface area contributed by atoms with E-state index < -0.39 is 5.54 Å². The molecule has 1 aliphatic heterocycles. The average molecular weight is 583 g/mol. The summed E-state index contributed by atoms with van der Waals surface area (Å²) in [6, 6.07) is 13.7. The zero-order valence-electron chi connectivity index (χ0n) is 25.4. The minimum Gasteiger partial charge on any atom is -0.494 e. The third kappa shape index (κ3) is 6.96. The lowest BCUT2D eigenvalue weighted by Gasteiger charge is -2.27. The Bertz CT molecular complexity index is 1650. The summed E-state index contributed by atoms with van der Waals surface area (Å²) in [7, 11) is 5.55. The van der Waals surface area contributed by atoms with Crippen LogP contribution in [-0.4, -0.2) is 73.3 Å². The van der Waals surface area contributed by atoms with Crippen molar-refractivity contribution in [2.24, 2.45) is 0 Å². The Morgan fingerprint density at radius 2 is 1.95 bits per heavy atom. The van der Waals surface area contributed by atoms with Gasteiger partial charge in [0.25, 0.3) is 5.91 Å². The predicted molar refractivity (Wildman–Crippen MR) is 166 cm³/mol. The van der Waals surface area contributed by atoms with E-state index in [9.17, 15) is 10.1 Å². The monoisotopic (exact) mass is 582 g/mol. The lowest BCUT2D eigenvalue weighted by atomic mass is 9.99. The van der Waals surface area contributed by atoms with Crippen LogP contribution in [0.5, 0.6) is 5.75 Å². The molecule has 10 nitrogen and oxygen atoms in total. The van der Waals surface area contributed by atoms with E-state index in [0.717, 1.165) is 55.8 Å². The van der Waals surface area contributed by atoms with Crippen molar-refractivity contribution in [3.8, 4) is 34.4 Å². The van der Waals surface area contributed by atoms with Crippen molar-refractivity contribution in [1.29, 1.82) is 5.26 Å². The number of pyridine rings is 2. The quantitative estimate of drug-likeness (QED) is 0.250. The number of carbonyl (C=O) groups excluding carboxylic acids is 1. The molecule has 0 bridgehead atoms. The molecule has 0 unspecified atom stereocenters. The number of nitriles is 1. The number of hydrogen-bond donors (Lipinski definition) is 2. The number of amides is 1. The standard InChI is InChI=1S/C33H38N6O4/c1-33(2,11-13-39(3)4)38-32(40)23-17-28(41-5)30(36-20-23)29-18-27-31(43-29)25(8-12-35-27)21-6-7-26(22(16-21)19-34)37-24-9-14-42-15-10-24/h6-8,12,16-18,20,24,37H,9-11,13-15H2,1-5H3,(H,38,40). The van der Waals surface area contributed by atoms with Crippen molar-refractivity contribution < 1.29 is 18.7 Å². The van der Waals surface area contributed by atoms with Crippen LogP contribution >= 0.6 is 0 Å². The fourth-order valence-corrected chi connectivity index (χ4v) is 5.13. The average Bonchev–Trinajstić information content (AvgIpc) is 3.45. The number of carbonyl (C=O) groups is 1. The Labute approximate surface area is 252 Å². The van der Waals surface area contributed by atoms with E-state index in [-0.39, 0.29) is 11.9 Å². The van der Waals surface area contributed by atoms with Gasteiger partial charge in [0.2, 0.25) is 0 Å². The zero-order chi connectivity index (χ0) is 30.6. The number of methoxy groups -OCH3 is 1. The maximum absolute atomic E-state index is 13.1. The first-order valence-corrected chi connectivity index (χ1v) is 14.5. The molecule has 224 valence electrons. The smallest absolute Gasteiger partial charge is 0.253 e. The van der Waals surface area contributed by atoms with Crippen molar-refractivity contribution in [3.63, 3.8) is 0 Å². The lowest BCUT2D eigenvalue weighted by molar-refractivity contribution is 0.0901. The van der Waals surface area contributed by atoms with Gasteiger partial charge in [-0.05, 0) is 83.6 Å². The summed E-state index contributed by atoms with van der Waals surface area (Å²) in [6.45, 7) is 6.30. The molecule has 0 aliphatic carbocycles. The van der Waals surface area contributed by atoms with Gasteiger partial charge in [-0.15, -0.1) is 0 Å². The number of benzene rings is 1. The molecular formula is C33H38N6O4. The van der Waals surface area contributed by atoms with Gasteiger partial charge < -0.3 is 29.4 Å². The van der Waals surface area contributed by atoms with Crippen molar-refractivity contribution >= 4 is 22.7 Å². The van der Waals surface area contributed by atoms with Gasteiger partial charge in [-0.1, -0.05) is 6.07 Å². The number of rotatable bonds is 10. The SMILES string of the molecule is COc1cc(C(=O)NC(C)(C)CCN(C)C)cnc1-c1cc2nccc(-c3ccc(NC4CCOCC4)c(C#N)c3)c2o1. The predicted octanol–water partition coefficient (Wildman–Crippen LogP) is 5.49. The van der Waals surface area contributed by atoms with E-state index in [0.29, 0.717) is 39.4 Å². The first-order valence-electron chi connectivity index (χ1n) is 14.5. The Morgan fingerprint density at radius 3 is 2.67 bits per heavy atom. The van der Waals surface area contributed by atoms with Gasteiger partial charge in [0.05, 0.1) is 23.9 Å². The molecule has 3 aromatic heterocycles. The maximum atomic E-state index is 13.1. The highest BCUT2D eigenvalue weighted by molar-refractivity contribution is 5.96. The molecule has 0 spiro atoms. The van der Waals surface area contributed by atoms with E-state index in [1.165, 1.54) is 13.3 Å². The molecular weight excluding hydrogens is 544 g/mol. The molecule has 10 heteroatoms. The molecule has 0 saturated carbocycles. The minimum absolute atomic E-state index is 0.224. The topological polar surface area (TPSA) is 126 Å². The number of anilines is 1. The van der Waals surface area contributed by atoms with Crippen LogP contribution in [0, 0.1) is 11.3 Å². The number of ether oxygens (including phenoxy) is 2. The highest BCUT2D eigenvalue weighted by Gasteiger charge is 2.24. The van der Waals surface area contributed by atoms with Gasteiger partial charge in [0.1, 0.15) is 23.0 Å². The summed E-state index contributed by atoms with van der Waals surface area (Å²) in [4.78, 5) is 24.2. The Balaban J connectivity index is 1.42. The van der Waals surface area contributed by atoms with Crippen LogP contribution in [0.2, 0.25) is 0 Å². The maximum Gasteiger partial charge on any atom is 0.253 e. The minimum atomic E-state index is -0.390. The van der Waals surface area contributed by atoms with Crippen LogP contribution in [0.15, 0.2) is 53.2 Å². The molecule has 43 heavy (non-hydrogen) atoms. The van der Waals surface area contributed by atoms with Crippen molar-refractivity contribution in [1.82, 2.24) is 20.2 Å². The Morgan fingerprint density at radius 1 is 1.16 bits per heavy atom. The number of nitrogens with one attached hydrogen (secondary N) is 2. The highest BCUT2D eigenvalue weighted by Crippen LogP contribution is 2.37. The first-order chi connectivity index (χ1) is 20.7. The van der Waals surface area contributed by atoms with Gasteiger partial charge in [0, 0.05) is 48.8 Å². The second-order valence-electron chi connectivity index (χ2n) is 11.8. The van der Waals surface area contributed by atoms with Gasteiger partial charge in [-0.25, -0.2) is 4.98 Å². The van der Waals surface area contributed by atoms with Crippen LogP contribution in [-0.2, 0) is 4.74 Å². The van der Waals surface area contributed by atoms with E-state index in [1.807, 2.05) is 52.2 Å². The molecule has 1 aromatic carbocycles. The summed E-state index contributed by atoms with van der Waals surface area (Å²) in [5.74, 6) is 0.649. The number of nitrogens with zero attached hydrogens (tertiary/aromatic N) is 4. The first kappa shape index (κ1) is 30.0. The van der Waals surface area contributed by atoms with Gasteiger partial charge in [-0.3, -0.25) is 9.78 Å². The van der Waals surface area contributed by atoms with Crippen LogP contribution in [0.4, 0.5) is 5.69 Å². The fourth-order valence-electron chi connectivity index (χ4n) is 5.13. The summed E-state index contributed by atoms with van der Waals surface area (Å²) in [6.07, 6.45) is 5.86. The summed E-state index contributed by atoms with van der Waals surface area (Å²) in [5, 5.41) is 16.5. The summed E-state index contributed by atoms with van der Waals surface area (Å²) < 4.78 is 17.4. The number of fused-ring (bicyclic) bond motifs is 1. The van der Waals surface area contributed by atoms with Gasteiger partial charge in [-0.2, -0.15) is 5.26 Å². The van der Waals surface area contributed by atoms with Crippen LogP contribution in [0.3, 0.4) is 0 Å². The highest BCUT2D eigenvalue weighted by atomic mass is 16.5. The van der Waals surface area contributed by atoms with E-state index in [2.05, 4.69) is 31.6 Å². The van der Waals surface area contributed by atoms with Crippen LogP contribution < -0.4 is 15.4 Å². The molecule has 4 heterocycles. The normalized spacial score (nSPS) is 14.1. The van der Waals surface area contributed by atoms with Gasteiger partial charge in [0.15, 0.2) is 11.3 Å². The van der Waals surface area contributed by atoms with Crippen LogP contribution in [0.25, 0.3) is 33.7 Å². The van der Waals surface area contributed by atoms with E-state index in [1.54, 1.807) is 18.3 Å². The third-order valence-electron chi connectivity index (χ3n) is 7.65. The number of aromatic nitrogens is 2. The molecule has 1 amide bonds. The lowest BCUT2D eigenvalue weighted by Crippen LogP contribution is -2.45. The molecule has 2 N–H and O–H groups in total. The van der Waals surface area contributed by atoms with Crippen molar-refractivity contribution in [2.75, 3.05) is 46.3 Å². The fraction of sp³-hybridized carbons (Fsp3) is 0.394. The summed E-state index contributed by atoms with van der Waals surface area (Å²) >= 11 is 0. The van der Waals surface area contributed by atoms with Gasteiger partial charge >= 0.3 is 0 Å². The van der Waals surface area contributed by atoms with Crippen molar-refractivity contribution in [3.05, 3.63) is 59.9 Å². The van der Waals surface area contributed by atoms with E-state index in [4.69, 9.17) is 13.9 Å². The van der Waals surface area contributed by atoms with Crippen LogP contribution in [0.1, 0.15) is 49.0 Å². The molecule has 1 fully saturated rings. The second-order valence-corrected chi connectivity index (χ2v) is 11.8. The Kier molecular flexibility index (Phi) is 8.94. The third-order valence-corrected chi connectivity index (χ3v) is 7.65. The summed E-state index contributed by atoms with van der Waals surface area (Å²) in [5.41, 5.74) is 4.69. The Hall–Kier alpha value is -4.46. The molecule has 4 aromatic rings. The van der Waals surface area contributed by atoms with Crippen molar-refractivity contribution in [2.45, 2.75) is 44.7 Å². The number of furan rings is 1. The van der Waals surface area contributed by atoms with E-state index >= 15 is 0 Å². The second kappa shape index (κ2) is 12.8.